The second-order valence-corrected chi connectivity index (χ2v) is 3.25. The quantitative estimate of drug-likeness (QED) is 0.350. The molecule has 5 nitrogen and oxygen atoms in total. The molecule has 16 heavy (non-hydrogen) atoms. The van der Waals surface area contributed by atoms with E-state index in [2.05, 4.69) is 15.3 Å². The number of aryl methyl sites for hydroxylation is 1. The average molecular weight is 221 g/mol. The van der Waals surface area contributed by atoms with E-state index in [4.69, 9.17) is 5.73 Å². The van der Waals surface area contributed by atoms with Crippen molar-refractivity contribution in [1.29, 1.82) is 0 Å². The summed E-state index contributed by atoms with van der Waals surface area (Å²) < 4.78 is 0. The fourth-order valence-electron chi connectivity index (χ4n) is 1.04. The first-order chi connectivity index (χ1) is 7.63. The monoisotopic (exact) mass is 221 g/mol. The van der Waals surface area contributed by atoms with E-state index in [-0.39, 0.29) is 5.84 Å². The normalized spacial score (nSPS) is 11.0. The van der Waals surface area contributed by atoms with Crippen molar-refractivity contribution in [3.05, 3.63) is 35.4 Å². The number of benzene rings is 1. The number of nitrogens with one attached hydrogen (secondary N) is 1. The summed E-state index contributed by atoms with van der Waals surface area (Å²) in [4.78, 5) is 15.5. The van der Waals surface area contributed by atoms with Crippen LogP contribution in [0.5, 0.6) is 0 Å². The zero-order valence-corrected chi connectivity index (χ0v) is 9.36. The summed E-state index contributed by atoms with van der Waals surface area (Å²) in [7, 11) is 0. The summed E-state index contributed by atoms with van der Waals surface area (Å²) in [6.07, 6.45) is -0.613. The predicted octanol–water partition coefficient (Wildman–Crippen LogP) is 1.36. The van der Waals surface area contributed by atoms with Gasteiger partial charge in [-0.05, 0) is 13.8 Å². The molecular formula is C11H15N3O2. The Morgan fingerprint density at radius 1 is 1.44 bits per heavy atom. The van der Waals surface area contributed by atoms with E-state index in [0.717, 1.165) is 11.1 Å². The van der Waals surface area contributed by atoms with Crippen molar-refractivity contribution in [2.75, 3.05) is 6.54 Å². The molecule has 0 radical (unpaired) electrons. The Morgan fingerprint density at radius 2 is 2.06 bits per heavy atom. The number of carbonyl (C=O) groups is 1. The maximum Gasteiger partial charge on any atom is 0.433 e. The second-order valence-electron chi connectivity index (χ2n) is 3.25. The number of hydrogen-bond acceptors (Lipinski definition) is 3. The van der Waals surface area contributed by atoms with Crippen LogP contribution in [0.3, 0.4) is 0 Å². The van der Waals surface area contributed by atoms with Crippen LogP contribution in [-0.2, 0) is 4.84 Å². The summed E-state index contributed by atoms with van der Waals surface area (Å²) in [5.74, 6) is 0.172. The summed E-state index contributed by atoms with van der Waals surface area (Å²) in [5, 5.41) is 5.96. The van der Waals surface area contributed by atoms with Crippen LogP contribution in [0.25, 0.3) is 0 Å². The van der Waals surface area contributed by atoms with Gasteiger partial charge in [0.05, 0.1) is 0 Å². The smallest absolute Gasteiger partial charge is 0.380 e. The number of nitrogens with zero attached hydrogens (tertiary/aromatic N) is 1. The van der Waals surface area contributed by atoms with Crippen LogP contribution in [-0.4, -0.2) is 18.5 Å². The molecule has 5 heteroatoms. The average Bonchev–Trinajstić information content (AvgIpc) is 2.27. The van der Waals surface area contributed by atoms with E-state index in [1.54, 1.807) is 6.92 Å². The van der Waals surface area contributed by atoms with Gasteiger partial charge in [-0.2, -0.15) is 0 Å². The Kier molecular flexibility index (Phi) is 4.32. The Bertz CT molecular complexity index is 385. The molecule has 0 saturated heterocycles. The maximum absolute atomic E-state index is 10.9. The van der Waals surface area contributed by atoms with Crippen molar-refractivity contribution in [1.82, 2.24) is 5.32 Å². The highest BCUT2D eigenvalue weighted by Crippen LogP contribution is 2.02. The van der Waals surface area contributed by atoms with Gasteiger partial charge in [-0.15, -0.1) is 0 Å². The highest BCUT2D eigenvalue weighted by molar-refractivity contribution is 5.97. The van der Waals surface area contributed by atoms with Crippen LogP contribution in [0.1, 0.15) is 18.1 Å². The van der Waals surface area contributed by atoms with Crippen molar-refractivity contribution >= 4 is 11.9 Å². The number of hydrogen-bond donors (Lipinski definition) is 2. The lowest BCUT2D eigenvalue weighted by molar-refractivity contribution is 0.151. The van der Waals surface area contributed by atoms with Crippen LogP contribution in [0.4, 0.5) is 4.79 Å². The molecule has 0 aliphatic rings. The number of amides is 1. The minimum absolute atomic E-state index is 0.172. The Labute approximate surface area is 94.3 Å². The van der Waals surface area contributed by atoms with Gasteiger partial charge < -0.3 is 11.1 Å². The molecule has 86 valence electrons. The number of nitrogens with two attached hydrogens (primary N) is 1. The fourth-order valence-corrected chi connectivity index (χ4v) is 1.04. The molecule has 3 N–H and O–H groups in total. The molecule has 0 unspecified atom stereocenters. The van der Waals surface area contributed by atoms with Crippen molar-refractivity contribution in [3.63, 3.8) is 0 Å². The van der Waals surface area contributed by atoms with Crippen LogP contribution in [0, 0.1) is 6.92 Å². The zero-order chi connectivity index (χ0) is 12.0. The van der Waals surface area contributed by atoms with Crippen molar-refractivity contribution < 1.29 is 9.63 Å². The van der Waals surface area contributed by atoms with Crippen LogP contribution in [0.15, 0.2) is 29.4 Å². The summed E-state index contributed by atoms with van der Waals surface area (Å²) in [6.45, 7) is 4.25. The van der Waals surface area contributed by atoms with Crippen LogP contribution >= 0.6 is 0 Å². The number of carbonyl (C=O) groups excluding carboxylic acids is 1. The molecule has 1 rings (SSSR count). The second kappa shape index (κ2) is 5.75. The molecule has 1 aromatic carbocycles. The summed E-state index contributed by atoms with van der Waals surface area (Å²) in [5.41, 5.74) is 7.48. The fraction of sp³-hybridized carbons (Fsp3) is 0.273. The molecule has 0 heterocycles. The van der Waals surface area contributed by atoms with Crippen LogP contribution in [0.2, 0.25) is 0 Å². The number of amidine groups is 1. The third-order valence-electron chi connectivity index (χ3n) is 1.90. The van der Waals surface area contributed by atoms with Gasteiger partial charge >= 0.3 is 6.09 Å². The minimum atomic E-state index is -0.613. The van der Waals surface area contributed by atoms with Crippen molar-refractivity contribution in [2.45, 2.75) is 13.8 Å². The van der Waals surface area contributed by atoms with Gasteiger partial charge in [-0.1, -0.05) is 35.0 Å². The van der Waals surface area contributed by atoms with E-state index in [0.29, 0.717) is 6.54 Å². The molecule has 1 amide bonds. The number of rotatable bonds is 3. The van der Waals surface area contributed by atoms with Gasteiger partial charge in [0.2, 0.25) is 0 Å². The third kappa shape index (κ3) is 3.61. The first-order valence-corrected chi connectivity index (χ1v) is 4.99. The van der Waals surface area contributed by atoms with Crippen molar-refractivity contribution in [2.24, 2.45) is 10.9 Å². The van der Waals surface area contributed by atoms with Gasteiger partial charge in [-0.3, -0.25) is 4.84 Å². The molecule has 0 aliphatic heterocycles. The lowest BCUT2D eigenvalue weighted by Gasteiger charge is -2.01. The molecule has 1 aromatic rings. The van der Waals surface area contributed by atoms with E-state index >= 15 is 0 Å². The van der Waals surface area contributed by atoms with E-state index in [1.807, 2.05) is 31.2 Å². The molecule has 0 saturated carbocycles. The molecule has 0 fully saturated rings. The largest absolute Gasteiger partial charge is 0.433 e. The molecule has 0 bridgehead atoms. The van der Waals surface area contributed by atoms with Gasteiger partial charge in [-0.25, -0.2) is 4.79 Å². The summed E-state index contributed by atoms with van der Waals surface area (Å²) >= 11 is 0. The van der Waals surface area contributed by atoms with Gasteiger partial charge in [0.1, 0.15) is 0 Å². The maximum atomic E-state index is 10.9. The third-order valence-corrected chi connectivity index (χ3v) is 1.90. The van der Waals surface area contributed by atoms with E-state index < -0.39 is 6.09 Å². The molecule has 0 aromatic heterocycles. The van der Waals surface area contributed by atoms with Gasteiger partial charge in [0, 0.05) is 12.1 Å². The lowest BCUT2D eigenvalue weighted by atomic mass is 10.1. The topological polar surface area (TPSA) is 76.7 Å². The van der Waals surface area contributed by atoms with E-state index in [1.165, 1.54) is 0 Å². The molecule has 0 aliphatic carbocycles. The lowest BCUT2D eigenvalue weighted by Crippen LogP contribution is -2.23. The highest BCUT2D eigenvalue weighted by Gasteiger charge is 2.01. The zero-order valence-electron chi connectivity index (χ0n) is 9.36. The Morgan fingerprint density at radius 3 is 2.62 bits per heavy atom. The van der Waals surface area contributed by atoms with Crippen molar-refractivity contribution in [3.8, 4) is 0 Å². The first kappa shape index (κ1) is 12.0. The predicted molar refractivity (Wildman–Crippen MR) is 62.1 cm³/mol. The van der Waals surface area contributed by atoms with Crippen LogP contribution < -0.4 is 11.1 Å². The first-order valence-electron chi connectivity index (χ1n) is 4.99. The Balaban J connectivity index is 2.63. The van der Waals surface area contributed by atoms with Gasteiger partial charge in [0.25, 0.3) is 0 Å². The molecule has 0 atom stereocenters. The number of oxime groups is 1. The minimum Gasteiger partial charge on any atom is -0.380 e. The molecular weight excluding hydrogens is 206 g/mol. The van der Waals surface area contributed by atoms with Gasteiger partial charge in [0.15, 0.2) is 5.84 Å². The van der Waals surface area contributed by atoms with E-state index in [9.17, 15) is 4.79 Å². The SMILES string of the molecule is CCNC(=O)O/N=C(\N)c1ccc(C)cc1. The summed E-state index contributed by atoms with van der Waals surface area (Å²) in [6, 6.07) is 7.44. The Hall–Kier alpha value is -2.04. The standard InChI is InChI=1S/C11H15N3O2/c1-3-13-11(15)16-14-10(12)9-6-4-8(2)5-7-9/h4-7H,3H2,1-2H3,(H2,12,14)(H,13,15). The molecule has 0 spiro atoms. The highest BCUT2D eigenvalue weighted by atomic mass is 16.7.